The molecule has 3 saturated carbocycles. The Morgan fingerprint density at radius 2 is 0.645 bits per heavy atom. The van der Waals surface area contributed by atoms with Gasteiger partial charge in [0.1, 0.15) is 51.5 Å². The molecule has 6 atom stereocenters. The molecule has 9 aromatic rings. The topological polar surface area (TPSA) is 300 Å². The van der Waals surface area contributed by atoms with Crippen LogP contribution in [0.3, 0.4) is 0 Å². The zero-order chi connectivity index (χ0) is 62.4. The Bertz CT molecular complexity index is 3780. The van der Waals surface area contributed by atoms with Crippen LogP contribution in [0, 0.1) is 0 Å². The molecule has 9 N–H and O–H groups in total. The molecule has 0 bridgehead atoms. The van der Waals surface area contributed by atoms with Gasteiger partial charge < -0.3 is 76.3 Å². The van der Waals surface area contributed by atoms with Gasteiger partial charge in [-0.25, -0.2) is 29.9 Å². The van der Waals surface area contributed by atoms with E-state index in [0.29, 0.717) is 52.4 Å². The van der Waals surface area contributed by atoms with Gasteiger partial charge in [0.05, 0.1) is 53.8 Å². The van der Waals surface area contributed by atoms with Crippen molar-refractivity contribution >= 4 is 103 Å². The minimum atomic E-state index is -0.0131. The fourth-order valence-electron chi connectivity index (χ4n) is 15.3. The summed E-state index contributed by atoms with van der Waals surface area (Å²) in [5.74, 6) is 3.56. The smallest absolute Gasteiger partial charge is 0.268 e. The van der Waals surface area contributed by atoms with Crippen molar-refractivity contribution in [2.45, 2.75) is 113 Å². The number of anilines is 9. The van der Waals surface area contributed by atoms with Gasteiger partial charge in [0.25, 0.3) is 17.7 Å². The molecule has 27 heteroatoms. The summed E-state index contributed by atoms with van der Waals surface area (Å²) in [6.45, 7) is 11.9. The molecule has 27 nitrogen and oxygen atoms in total. The number of nitrogens with zero attached hydrogens (tertiary/aromatic N) is 15. The number of amides is 3. The lowest BCUT2D eigenvalue weighted by Gasteiger charge is -2.38. The monoisotopic (exact) mass is 1250 g/mol. The summed E-state index contributed by atoms with van der Waals surface area (Å²) in [6.07, 6.45) is 24.3. The van der Waals surface area contributed by atoms with Crippen molar-refractivity contribution in [1.29, 1.82) is 0 Å². The molecule has 3 aliphatic carbocycles. The van der Waals surface area contributed by atoms with Gasteiger partial charge in [-0.1, -0.05) is 38.5 Å². The molecule has 6 aliphatic heterocycles. The highest BCUT2D eigenvalue weighted by molar-refractivity contribution is 6.01. The highest BCUT2D eigenvalue weighted by Gasteiger charge is 2.40. The van der Waals surface area contributed by atoms with E-state index in [0.717, 1.165) is 186 Å². The third kappa shape index (κ3) is 11.8. The molecular formula is C66H78N24O3. The Labute approximate surface area is 537 Å². The number of piperazine rings is 3. The van der Waals surface area contributed by atoms with E-state index < -0.39 is 0 Å². The molecule has 480 valence electrons. The lowest BCUT2D eigenvalue weighted by Crippen LogP contribution is -2.48. The van der Waals surface area contributed by atoms with Crippen LogP contribution in [0.1, 0.15) is 127 Å². The molecule has 0 radical (unpaired) electrons. The molecule has 9 aliphatic rings. The molecule has 6 fully saturated rings. The van der Waals surface area contributed by atoms with E-state index in [9.17, 15) is 14.4 Å². The molecule has 0 spiro atoms. The largest absolute Gasteiger partial charge is 0.368 e. The van der Waals surface area contributed by atoms with E-state index in [4.69, 9.17) is 15.0 Å². The van der Waals surface area contributed by atoms with E-state index in [2.05, 4.69) is 124 Å². The summed E-state index contributed by atoms with van der Waals surface area (Å²) in [5.41, 5.74) is 7.87. The molecular weight excluding hydrogens is 1180 g/mol. The van der Waals surface area contributed by atoms with Crippen LogP contribution in [0.4, 0.5) is 52.4 Å². The first kappa shape index (κ1) is 58.5. The van der Waals surface area contributed by atoms with Crippen molar-refractivity contribution in [1.82, 2.24) is 90.5 Å². The van der Waals surface area contributed by atoms with E-state index >= 15 is 0 Å². The number of aromatic nitrogens is 12. The summed E-state index contributed by atoms with van der Waals surface area (Å²) in [7, 11) is 0. The SMILES string of the molecule is O=C1N[C@@H]2CCCC[C@H]2n2c1cc1cnc(Nc3ccc(N4CCNCC4)cn3)nc12.O=C1N[C@H]2CCCCC2n2c1cc1cnc(Nc3ccc(N4CCNCC4)cn3)nc12.O=C1N[C@H]2CCCC[C@H]2n2c1cc1cnc(Nc3ccc(N4CCNCC4)cn3)nc12. The lowest BCUT2D eigenvalue weighted by atomic mass is 9.88. The highest BCUT2D eigenvalue weighted by Crippen LogP contribution is 2.40. The van der Waals surface area contributed by atoms with Crippen molar-refractivity contribution in [3.05, 3.63) is 109 Å². The number of pyridine rings is 3. The zero-order valence-corrected chi connectivity index (χ0v) is 52.0. The molecule has 1 unspecified atom stereocenters. The number of fused-ring (bicyclic) bond motifs is 15. The third-order valence-corrected chi connectivity index (χ3v) is 20.0. The third-order valence-electron chi connectivity index (χ3n) is 20.0. The minimum Gasteiger partial charge on any atom is -0.368 e. The minimum absolute atomic E-state index is 0.0131. The van der Waals surface area contributed by atoms with Gasteiger partial charge in [0, 0.05) is 131 Å². The normalized spacial score (nSPS) is 23.2. The van der Waals surface area contributed by atoms with Crippen molar-refractivity contribution in [2.24, 2.45) is 0 Å². The summed E-state index contributed by atoms with van der Waals surface area (Å²) >= 11 is 0. The number of carbonyl (C=O) groups is 3. The van der Waals surface area contributed by atoms with Gasteiger partial charge in [0.15, 0.2) is 0 Å². The quantitative estimate of drug-likeness (QED) is 0.0733. The zero-order valence-electron chi connectivity index (χ0n) is 52.0. The van der Waals surface area contributed by atoms with E-state index in [1.165, 1.54) is 19.3 Å². The maximum absolute atomic E-state index is 12.6. The van der Waals surface area contributed by atoms with E-state index in [1.807, 2.05) is 55.0 Å². The molecule has 15 heterocycles. The molecule has 9 aromatic heterocycles. The van der Waals surface area contributed by atoms with Gasteiger partial charge in [0.2, 0.25) is 17.8 Å². The van der Waals surface area contributed by atoms with Crippen LogP contribution in [-0.2, 0) is 0 Å². The van der Waals surface area contributed by atoms with Crippen LogP contribution < -0.4 is 62.6 Å². The second kappa shape index (κ2) is 25.5. The van der Waals surface area contributed by atoms with Crippen LogP contribution in [0.15, 0.2) is 91.8 Å². The first-order valence-corrected chi connectivity index (χ1v) is 33.4. The van der Waals surface area contributed by atoms with Gasteiger partial charge in [-0.3, -0.25) is 14.4 Å². The Kier molecular flexibility index (Phi) is 16.0. The van der Waals surface area contributed by atoms with Gasteiger partial charge >= 0.3 is 0 Å². The molecule has 93 heavy (non-hydrogen) atoms. The van der Waals surface area contributed by atoms with Gasteiger partial charge in [-0.2, -0.15) is 15.0 Å². The maximum Gasteiger partial charge on any atom is 0.268 e. The van der Waals surface area contributed by atoms with E-state index in [1.54, 1.807) is 18.6 Å². The van der Waals surface area contributed by atoms with Crippen LogP contribution in [0.25, 0.3) is 33.1 Å². The van der Waals surface area contributed by atoms with Crippen LogP contribution in [0.2, 0.25) is 0 Å². The number of rotatable bonds is 9. The van der Waals surface area contributed by atoms with Crippen molar-refractivity contribution in [3.8, 4) is 0 Å². The van der Waals surface area contributed by atoms with Gasteiger partial charge in [-0.15, -0.1) is 0 Å². The van der Waals surface area contributed by atoms with E-state index in [-0.39, 0.29) is 54.0 Å². The highest BCUT2D eigenvalue weighted by atomic mass is 16.2. The number of hydrogen-bond acceptors (Lipinski definition) is 21. The molecule has 0 aromatic carbocycles. The summed E-state index contributed by atoms with van der Waals surface area (Å²) in [5, 5.41) is 32.0. The second-order valence-electron chi connectivity index (χ2n) is 25.7. The summed E-state index contributed by atoms with van der Waals surface area (Å²) < 4.78 is 6.39. The maximum atomic E-state index is 12.6. The number of nitrogens with one attached hydrogen (secondary N) is 9. The number of carbonyl (C=O) groups excluding carboxylic acids is 3. The Balaban J connectivity index is 0.000000111. The average Bonchev–Trinajstić information content (AvgIpc) is 1.65. The second-order valence-corrected chi connectivity index (χ2v) is 25.7. The average molecular weight is 1260 g/mol. The summed E-state index contributed by atoms with van der Waals surface area (Å²) in [4.78, 5) is 86.3. The molecule has 3 saturated heterocycles. The van der Waals surface area contributed by atoms with Crippen LogP contribution in [0.5, 0.6) is 0 Å². The van der Waals surface area contributed by atoms with Crippen LogP contribution >= 0.6 is 0 Å². The Hall–Kier alpha value is -9.60. The number of hydrogen-bond donors (Lipinski definition) is 9. The first-order valence-electron chi connectivity index (χ1n) is 33.4. The van der Waals surface area contributed by atoms with Crippen molar-refractivity contribution in [2.75, 3.05) is 109 Å². The predicted octanol–water partition coefficient (Wildman–Crippen LogP) is 6.62. The predicted molar refractivity (Wildman–Crippen MR) is 357 cm³/mol. The lowest BCUT2D eigenvalue weighted by molar-refractivity contribution is 0.0847. The van der Waals surface area contributed by atoms with Crippen LogP contribution in [-0.4, -0.2) is 173 Å². The fraction of sp³-hybridized carbons (Fsp3) is 0.455. The molecule has 18 rings (SSSR count). The molecule has 3 amide bonds. The standard InChI is InChI=1S/3C22H26N8O/c3*31-21-18-11-14-12-25-22(28-20(14)30(18)17-4-2-1-3-16(17)26-21)27-19-6-5-15(13-24-19)29-9-7-23-8-10-29/h3*5-6,11-13,16-17,23H,1-4,7-10H2,(H,26,31)(H,24,25,27,28)/t16-,17?;16-,17+;16-,17-/m001/s1. The van der Waals surface area contributed by atoms with Crippen molar-refractivity contribution in [3.63, 3.8) is 0 Å². The summed E-state index contributed by atoms with van der Waals surface area (Å²) in [6, 6.07) is 19.2. The Morgan fingerprint density at radius 3 is 0.925 bits per heavy atom. The van der Waals surface area contributed by atoms with Crippen molar-refractivity contribution < 1.29 is 14.4 Å². The fourth-order valence-corrected chi connectivity index (χ4v) is 15.3. The first-order chi connectivity index (χ1) is 45.8. The van der Waals surface area contributed by atoms with Gasteiger partial charge in [-0.05, 0) is 93.1 Å². The Morgan fingerprint density at radius 1 is 0.355 bits per heavy atom.